The number of nitrogens with one attached hydrogen (secondary N) is 2. The van der Waals surface area contributed by atoms with E-state index in [4.69, 9.17) is 5.73 Å². The zero-order valence-corrected chi connectivity index (χ0v) is 9.78. The topological polar surface area (TPSA) is 104 Å². The molecule has 1 aromatic heterocycles. The molecule has 1 aliphatic heterocycles. The van der Waals surface area contributed by atoms with Crippen LogP contribution in [0.2, 0.25) is 0 Å². The molecule has 0 radical (unpaired) electrons. The Morgan fingerprint density at radius 2 is 2.35 bits per heavy atom. The molecule has 0 bridgehead atoms. The number of anilines is 1. The van der Waals surface area contributed by atoms with Gasteiger partial charge in [0.15, 0.2) is 5.69 Å². The first kappa shape index (κ1) is 11.4. The van der Waals surface area contributed by atoms with Crippen molar-refractivity contribution in [2.75, 3.05) is 19.3 Å². The van der Waals surface area contributed by atoms with Crippen LogP contribution in [0.3, 0.4) is 0 Å². The molecule has 7 nitrogen and oxygen atoms in total. The van der Waals surface area contributed by atoms with Crippen molar-refractivity contribution in [2.45, 2.75) is 19.4 Å². The fourth-order valence-electron chi connectivity index (χ4n) is 1.79. The number of nitrogen functional groups attached to an aromatic ring is 1. The van der Waals surface area contributed by atoms with E-state index in [1.165, 1.54) is 0 Å². The Kier molecular flexibility index (Phi) is 2.74. The third kappa shape index (κ3) is 1.95. The van der Waals surface area contributed by atoms with Gasteiger partial charge in [-0.05, 0) is 13.3 Å². The molecule has 0 aromatic carbocycles. The Morgan fingerprint density at radius 1 is 1.65 bits per heavy atom. The highest BCUT2D eigenvalue weighted by molar-refractivity contribution is 6.00. The molecule has 0 aliphatic carbocycles. The van der Waals surface area contributed by atoms with Gasteiger partial charge in [-0.1, -0.05) is 0 Å². The van der Waals surface area contributed by atoms with E-state index in [2.05, 4.69) is 15.5 Å². The van der Waals surface area contributed by atoms with Gasteiger partial charge in [0.2, 0.25) is 5.91 Å². The van der Waals surface area contributed by atoms with Gasteiger partial charge in [-0.2, -0.15) is 5.10 Å². The summed E-state index contributed by atoms with van der Waals surface area (Å²) in [5.41, 5.74) is 6.80. The molecule has 0 spiro atoms. The Labute approximate surface area is 98.4 Å². The lowest BCUT2D eigenvalue weighted by atomic mass is 10.2. The van der Waals surface area contributed by atoms with E-state index in [0.29, 0.717) is 24.3 Å². The minimum absolute atomic E-state index is 0.0795. The highest BCUT2D eigenvalue weighted by Gasteiger charge is 2.31. The summed E-state index contributed by atoms with van der Waals surface area (Å²) in [7, 11) is 1.71. The predicted molar refractivity (Wildman–Crippen MR) is 61.2 cm³/mol. The monoisotopic (exact) mass is 237 g/mol. The Bertz CT molecular complexity index is 467. The normalized spacial score (nSPS) is 19.8. The van der Waals surface area contributed by atoms with Gasteiger partial charge >= 0.3 is 0 Å². The van der Waals surface area contributed by atoms with Crippen LogP contribution in [0.15, 0.2) is 0 Å². The van der Waals surface area contributed by atoms with Gasteiger partial charge in [0, 0.05) is 13.6 Å². The van der Waals surface area contributed by atoms with Crippen molar-refractivity contribution in [3.8, 4) is 0 Å². The van der Waals surface area contributed by atoms with E-state index in [0.717, 1.165) is 0 Å². The Morgan fingerprint density at radius 3 is 2.82 bits per heavy atom. The number of amides is 2. The summed E-state index contributed by atoms with van der Waals surface area (Å²) in [5, 5.41) is 9.08. The summed E-state index contributed by atoms with van der Waals surface area (Å²) < 4.78 is 0. The minimum Gasteiger partial charge on any atom is -0.395 e. The second-order valence-corrected chi connectivity index (χ2v) is 4.19. The van der Waals surface area contributed by atoms with Gasteiger partial charge in [-0.15, -0.1) is 0 Å². The Balaban J connectivity index is 2.08. The van der Waals surface area contributed by atoms with Crippen LogP contribution >= 0.6 is 0 Å². The number of aromatic nitrogens is 2. The fourth-order valence-corrected chi connectivity index (χ4v) is 1.79. The molecule has 1 atom stereocenters. The molecule has 17 heavy (non-hydrogen) atoms. The largest absolute Gasteiger partial charge is 0.395 e. The van der Waals surface area contributed by atoms with Crippen LogP contribution in [0.25, 0.3) is 0 Å². The van der Waals surface area contributed by atoms with E-state index in [-0.39, 0.29) is 11.6 Å². The van der Waals surface area contributed by atoms with E-state index >= 15 is 0 Å². The summed E-state index contributed by atoms with van der Waals surface area (Å²) in [4.78, 5) is 25.0. The SMILES string of the molecule is Cc1[nH]nc(C(=O)NC2CCN(C)C2=O)c1N. The molecule has 0 saturated carbocycles. The number of aromatic amines is 1. The number of nitrogens with two attached hydrogens (primary N) is 1. The third-order valence-corrected chi connectivity index (χ3v) is 2.94. The third-order valence-electron chi connectivity index (χ3n) is 2.94. The zero-order valence-electron chi connectivity index (χ0n) is 9.78. The number of hydrogen-bond donors (Lipinski definition) is 3. The van der Waals surface area contributed by atoms with Crippen molar-refractivity contribution in [2.24, 2.45) is 0 Å². The molecule has 7 heteroatoms. The number of carbonyl (C=O) groups excluding carboxylic acids is 2. The van der Waals surface area contributed by atoms with Crippen LogP contribution in [-0.4, -0.2) is 46.5 Å². The van der Waals surface area contributed by atoms with Crippen molar-refractivity contribution in [3.63, 3.8) is 0 Å². The maximum Gasteiger partial charge on any atom is 0.274 e. The molecular weight excluding hydrogens is 222 g/mol. The molecular formula is C10H15N5O2. The van der Waals surface area contributed by atoms with Crippen LogP contribution in [0.1, 0.15) is 22.6 Å². The molecule has 1 unspecified atom stereocenters. The first-order chi connectivity index (χ1) is 8.00. The molecule has 92 valence electrons. The van der Waals surface area contributed by atoms with Crippen LogP contribution in [0, 0.1) is 6.92 Å². The van der Waals surface area contributed by atoms with Crippen LogP contribution in [-0.2, 0) is 4.79 Å². The van der Waals surface area contributed by atoms with Gasteiger partial charge in [0.25, 0.3) is 5.91 Å². The van der Waals surface area contributed by atoms with Gasteiger partial charge in [-0.3, -0.25) is 14.7 Å². The number of aryl methyl sites for hydroxylation is 1. The van der Waals surface area contributed by atoms with Gasteiger partial charge in [0.1, 0.15) is 6.04 Å². The minimum atomic E-state index is -0.469. The molecule has 1 aromatic rings. The molecule has 1 aliphatic rings. The number of H-pyrrole nitrogens is 1. The zero-order chi connectivity index (χ0) is 12.6. The van der Waals surface area contributed by atoms with Crippen LogP contribution in [0.5, 0.6) is 0 Å². The second-order valence-electron chi connectivity index (χ2n) is 4.19. The number of nitrogens with zero attached hydrogens (tertiary/aromatic N) is 2. The number of likely N-dealkylation sites (N-methyl/N-ethyl adjacent to an activating group) is 1. The molecule has 2 heterocycles. The lowest BCUT2D eigenvalue weighted by Crippen LogP contribution is -2.40. The van der Waals surface area contributed by atoms with Gasteiger partial charge in [0.05, 0.1) is 11.4 Å². The number of hydrogen-bond acceptors (Lipinski definition) is 4. The van der Waals surface area contributed by atoms with Crippen molar-refractivity contribution in [1.29, 1.82) is 0 Å². The van der Waals surface area contributed by atoms with E-state index < -0.39 is 11.9 Å². The summed E-state index contributed by atoms with van der Waals surface area (Å²) in [5.74, 6) is -0.496. The number of likely N-dealkylation sites (tertiary alicyclic amines) is 1. The van der Waals surface area contributed by atoms with Gasteiger partial charge < -0.3 is 16.0 Å². The van der Waals surface area contributed by atoms with Crippen molar-refractivity contribution in [1.82, 2.24) is 20.4 Å². The fraction of sp³-hybridized carbons (Fsp3) is 0.500. The van der Waals surface area contributed by atoms with Crippen molar-refractivity contribution >= 4 is 17.5 Å². The molecule has 4 N–H and O–H groups in total. The summed E-state index contributed by atoms with van der Waals surface area (Å²) in [6.07, 6.45) is 0.615. The van der Waals surface area contributed by atoms with Crippen LogP contribution in [0.4, 0.5) is 5.69 Å². The second kappa shape index (κ2) is 4.08. The predicted octanol–water partition coefficient (Wildman–Crippen LogP) is -0.739. The lowest BCUT2D eigenvalue weighted by molar-refractivity contribution is -0.128. The average molecular weight is 237 g/mol. The quantitative estimate of drug-likeness (QED) is 0.630. The first-order valence-electron chi connectivity index (χ1n) is 5.37. The highest BCUT2D eigenvalue weighted by Crippen LogP contribution is 2.14. The average Bonchev–Trinajstić information content (AvgIpc) is 2.77. The smallest absolute Gasteiger partial charge is 0.274 e. The summed E-state index contributed by atoms with van der Waals surface area (Å²) in [6, 6.07) is -0.469. The summed E-state index contributed by atoms with van der Waals surface area (Å²) >= 11 is 0. The van der Waals surface area contributed by atoms with E-state index in [1.54, 1.807) is 18.9 Å². The standard InChI is InChI=1S/C10H15N5O2/c1-5-7(11)8(14-13-5)9(16)12-6-3-4-15(2)10(6)17/h6H,3-4,11H2,1-2H3,(H,12,16)(H,13,14). The van der Waals surface area contributed by atoms with E-state index in [1.807, 2.05) is 0 Å². The molecule has 1 saturated heterocycles. The lowest BCUT2D eigenvalue weighted by Gasteiger charge is -2.11. The van der Waals surface area contributed by atoms with Crippen molar-refractivity contribution in [3.05, 3.63) is 11.4 Å². The first-order valence-corrected chi connectivity index (χ1v) is 5.37. The molecule has 1 fully saturated rings. The maximum atomic E-state index is 11.8. The Hall–Kier alpha value is -2.05. The summed E-state index contributed by atoms with van der Waals surface area (Å²) in [6.45, 7) is 2.38. The van der Waals surface area contributed by atoms with Gasteiger partial charge in [-0.25, -0.2) is 0 Å². The van der Waals surface area contributed by atoms with Crippen LogP contribution < -0.4 is 11.1 Å². The number of carbonyl (C=O) groups is 2. The molecule has 2 rings (SSSR count). The highest BCUT2D eigenvalue weighted by atomic mass is 16.2. The molecule has 2 amide bonds. The number of rotatable bonds is 2. The maximum absolute atomic E-state index is 11.8. The van der Waals surface area contributed by atoms with Crippen molar-refractivity contribution < 1.29 is 9.59 Å². The van der Waals surface area contributed by atoms with E-state index in [9.17, 15) is 9.59 Å².